The number of unbranched alkanes of at least 4 members (excludes halogenated alkanes) is 12. The first-order valence-electron chi connectivity index (χ1n) is 10.7. The Morgan fingerprint density at radius 3 is 1.34 bits per heavy atom. The van der Waals surface area contributed by atoms with Crippen LogP contribution in [0.2, 0.25) is 6.04 Å². The highest BCUT2D eigenvalue weighted by molar-refractivity contribution is 6.60. The van der Waals surface area contributed by atoms with Gasteiger partial charge in [-0.3, -0.25) is 0 Å². The molecular weight excluding hydrogens is 405 g/mol. The lowest BCUT2D eigenvalue weighted by molar-refractivity contribution is -0.199. The Hall–Kier alpha value is -0.643. The molecule has 0 radical (unpaired) electrons. The summed E-state index contributed by atoms with van der Waals surface area (Å²) in [6.07, 6.45) is 9.25. The van der Waals surface area contributed by atoms with E-state index in [1.54, 1.807) is 21.3 Å². The zero-order valence-electron chi connectivity index (χ0n) is 18.3. The van der Waals surface area contributed by atoms with Crippen molar-refractivity contribution in [1.82, 2.24) is 0 Å². The Kier molecular flexibility index (Phi) is 16.7. The van der Waals surface area contributed by atoms with E-state index < -0.39 is 21.0 Å². The third-order valence-corrected chi connectivity index (χ3v) is 7.86. The van der Waals surface area contributed by atoms with Crippen molar-refractivity contribution in [3.05, 3.63) is 0 Å². The number of carbonyl (C=O) groups excluding carboxylic acids is 1. The zero-order chi connectivity index (χ0) is 22.0. The quantitative estimate of drug-likeness (QED) is 0.138. The topological polar surface area (TPSA) is 54.0 Å². The molecule has 174 valence electrons. The van der Waals surface area contributed by atoms with E-state index in [0.29, 0.717) is 6.42 Å². The molecule has 0 bridgehead atoms. The van der Waals surface area contributed by atoms with Crippen molar-refractivity contribution < 1.29 is 36.0 Å². The van der Waals surface area contributed by atoms with Crippen LogP contribution in [0.3, 0.4) is 0 Å². The summed E-state index contributed by atoms with van der Waals surface area (Å²) in [6, 6.07) is 0.862. The fourth-order valence-electron chi connectivity index (χ4n) is 3.19. The highest BCUT2D eigenvalue weighted by atomic mass is 28.4. The lowest BCUT2D eigenvalue weighted by Gasteiger charge is -2.24. The van der Waals surface area contributed by atoms with Crippen molar-refractivity contribution in [1.29, 1.82) is 0 Å². The molecule has 0 aromatic heterocycles. The summed E-state index contributed by atoms with van der Waals surface area (Å²) in [5.74, 6) is -2.09. The number of alkyl halides is 3. The molecule has 29 heavy (non-hydrogen) atoms. The number of ether oxygens (including phenoxy) is 1. The van der Waals surface area contributed by atoms with Crippen molar-refractivity contribution in [2.24, 2.45) is 0 Å². The number of halogens is 3. The molecule has 0 fully saturated rings. The first-order valence-corrected chi connectivity index (χ1v) is 12.6. The molecule has 5 nitrogen and oxygen atoms in total. The van der Waals surface area contributed by atoms with Gasteiger partial charge in [0, 0.05) is 27.4 Å². The Bertz CT molecular complexity index is 396. The first-order chi connectivity index (χ1) is 13.8. The molecule has 0 spiro atoms. The summed E-state index contributed by atoms with van der Waals surface area (Å²) in [5, 5.41) is 0. The van der Waals surface area contributed by atoms with E-state index in [1.165, 1.54) is 44.9 Å². The molecule has 0 N–H and O–H groups in total. The van der Waals surface area contributed by atoms with Gasteiger partial charge in [-0.1, -0.05) is 70.6 Å². The Morgan fingerprint density at radius 2 is 1.00 bits per heavy atom. The van der Waals surface area contributed by atoms with Crippen molar-refractivity contribution in [2.75, 3.05) is 27.9 Å². The van der Waals surface area contributed by atoms with Crippen LogP contribution in [0.5, 0.6) is 0 Å². The van der Waals surface area contributed by atoms with E-state index in [-0.39, 0.29) is 6.61 Å². The summed E-state index contributed by atoms with van der Waals surface area (Å²) < 4.78 is 56.2. The molecular formula is C20H39F3O5Si. The van der Waals surface area contributed by atoms with E-state index in [0.717, 1.165) is 38.1 Å². The predicted octanol–water partition coefficient (Wildman–Crippen LogP) is 6.04. The first kappa shape index (κ1) is 28.4. The van der Waals surface area contributed by atoms with Crippen LogP contribution in [0.1, 0.15) is 83.5 Å². The van der Waals surface area contributed by atoms with Crippen LogP contribution in [0.25, 0.3) is 0 Å². The molecule has 0 rings (SSSR count). The Morgan fingerprint density at radius 1 is 0.655 bits per heavy atom. The fraction of sp³-hybridized carbons (Fsp3) is 0.950. The Balaban J connectivity index is 3.31. The molecule has 0 saturated heterocycles. The third-order valence-electron chi connectivity index (χ3n) is 5.02. The van der Waals surface area contributed by atoms with Crippen LogP contribution in [-0.2, 0) is 22.8 Å². The van der Waals surface area contributed by atoms with E-state index in [4.69, 9.17) is 13.3 Å². The minimum absolute atomic E-state index is 0.149. The van der Waals surface area contributed by atoms with Gasteiger partial charge in [-0.2, -0.15) is 13.2 Å². The van der Waals surface area contributed by atoms with E-state index >= 15 is 0 Å². The molecule has 0 aromatic rings. The number of esters is 1. The van der Waals surface area contributed by atoms with Crippen LogP contribution in [0.4, 0.5) is 13.2 Å². The molecule has 0 atom stereocenters. The monoisotopic (exact) mass is 444 g/mol. The van der Waals surface area contributed by atoms with Crippen LogP contribution >= 0.6 is 0 Å². The molecule has 0 aromatic carbocycles. The van der Waals surface area contributed by atoms with E-state index in [1.807, 2.05) is 0 Å². The third kappa shape index (κ3) is 14.9. The summed E-state index contributed by atoms with van der Waals surface area (Å²) in [6.45, 7) is -0.149. The maximum Gasteiger partial charge on any atom is 0.500 e. The lowest BCUT2D eigenvalue weighted by atomic mass is 10.0. The molecule has 0 aliphatic carbocycles. The molecule has 9 heteroatoms. The minimum Gasteiger partial charge on any atom is -0.459 e. The average Bonchev–Trinajstić information content (AvgIpc) is 2.70. The fourth-order valence-corrected chi connectivity index (χ4v) is 4.99. The molecule has 0 unspecified atom stereocenters. The molecule has 0 amide bonds. The van der Waals surface area contributed by atoms with Gasteiger partial charge in [-0.15, -0.1) is 0 Å². The van der Waals surface area contributed by atoms with Gasteiger partial charge in [0.05, 0.1) is 6.61 Å². The van der Waals surface area contributed by atoms with Crippen LogP contribution < -0.4 is 0 Å². The molecule has 0 aliphatic rings. The van der Waals surface area contributed by atoms with Crippen molar-refractivity contribution >= 4 is 14.8 Å². The van der Waals surface area contributed by atoms with Crippen LogP contribution in [0, 0.1) is 0 Å². The Labute approximate surface area is 175 Å². The van der Waals surface area contributed by atoms with Gasteiger partial charge in [0.15, 0.2) is 0 Å². The normalized spacial score (nSPS) is 12.3. The molecule has 0 heterocycles. The standard InChI is InChI=1S/C20H39F3O5Si/c1-25-29(26-2,27-3)18-16-14-12-10-8-6-4-5-7-9-11-13-15-17-28-19(24)20(21,22)23/h4-18H2,1-3H3. The summed E-state index contributed by atoms with van der Waals surface area (Å²) in [5.41, 5.74) is 0. The SMILES string of the molecule is CO[Si](CCCCCCCCCCCCCCCOC(=O)C(F)(F)F)(OC)OC. The van der Waals surface area contributed by atoms with Crippen LogP contribution in [0.15, 0.2) is 0 Å². The maximum absolute atomic E-state index is 11.9. The zero-order valence-corrected chi connectivity index (χ0v) is 19.3. The van der Waals surface area contributed by atoms with Gasteiger partial charge in [0.1, 0.15) is 0 Å². The van der Waals surface area contributed by atoms with Gasteiger partial charge < -0.3 is 18.0 Å². The van der Waals surface area contributed by atoms with Crippen molar-refractivity contribution in [3.8, 4) is 0 Å². The summed E-state index contributed by atoms with van der Waals surface area (Å²) in [7, 11) is 2.54. The number of rotatable bonds is 19. The smallest absolute Gasteiger partial charge is 0.459 e. The lowest BCUT2D eigenvalue weighted by Crippen LogP contribution is -2.42. The van der Waals surface area contributed by atoms with E-state index in [2.05, 4.69) is 4.74 Å². The number of carbonyl (C=O) groups is 1. The minimum atomic E-state index is -4.88. The van der Waals surface area contributed by atoms with Gasteiger partial charge in [-0.25, -0.2) is 4.79 Å². The molecule has 0 aliphatic heterocycles. The van der Waals surface area contributed by atoms with Gasteiger partial charge in [-0.05, 0) is 12.8 Å². The highest BCUT2D eigenvalue weighted by Gasteiger charge is 2.40. The maximum atomic E-state index is 11.9. The summed E-state index contributed by atoms with van der Waals surface area (Å²) >= 11 is 0. The predicted molar refractivity (Wildman–Crippen MR) is 109 cm³/mol. The second-order valence-corrected chi connectivity index (χ2v) is 10.4. The average molecular weight is 445 g/mol. The van der Waals surface area contributed by atoms with Gasteiger partial charge in [0.2, 0.25) is 0 Å². The second-order valence-electron chi connectivity index (χ2n) is 7.28. The van der Waals surface area contributed by atoms with Crippen LogP contribution in [-0.4, -0.2) is 48.9 Å². The largest absolute Gasteiger partial charge is 0.500 e. The summed E-state index contributed by atoms with van der Waals surface area (Å²) in [4.78, 5) is 10.5. The van der Waals surface area contributed by atoms with Gasteiger partial charge >= 0.3 is 21.0 Å². The molecule has 0 saturated carbocycles. The van der Waals surface area contributed by atoms with Crippen molar-refractivity contribution in [2.45, 2.75) is 95.7 Å². The highest BCUT2D eigenvalue weighted by Crippen LogP contribution is 2.19. The number of hydrogen-bond acceptors (Lipinski definition) is 5. The van der Waals surface area contributed by atoms with E-state index in [9.17, 15) is 18.0 Å². The van der Waals surface area contributed by atoms with Crippen molar-refractivity contribution in [3.63, 3.8) is 0 Å². The second kappa shape index (κ2) is 17.1. The van der Waals surface area contributed by atoms with Gasteiger partial charge in [0.25, 0.3) is 0 Å². The number of hydrogen-bond donors (Lipinski definition) is 0.